The van der Waals surface area contributed by atoms with Gasteiger partial charge in [-0.3, -0.25) is 4.55 Å². The predicted molar refractivity (Wildman–Crippen MR) is 114 cm³/mol. The third-order valence-corrected chi connectivity index (χ3v) is 6.89. The van der Waals surface area contributed by atoms with Gasteiger partial charge in [0.2, 0.25) is 0 Å². The molecule has 3 aromatic rings. The summed E-state index contributed by atoms with van der Waals surface area (Å²) < 4.78 is 33.9. The Morgan fingerprint density at radius 1 is 0.724 bits per heavy atom. The third-order valence-electron chi connectivity index (χ3n) is 4.35. The van der Waals surface area contributed by atoms with Crippen molar-refractivity contribution in [2.24, 2.45) is 0 Å². The second kappa shape index (κ2) is 7.87. The number of halogens is 4. The van der Waals surface area contributed by atoms with Crippen LogP contribution < -0.4 is 0 Å². The van der Waals surface area contributed by atoms with Crippen LogP contribution in [-0.2, 0) is 14.9 Å². The lowest BCUT2D eigenvalue weighted by Gasteiger charge is -2.34. The van der Waals surface area contributed by atoms with Gasteiger partial charge in [-0.2, -0.15) is 8.42 Å². The Bertz CT molecular complexity index is 1210. The van der Waals surface area contributed by atoms with Crippen LogP contribution >= 0.6 is 46.4 Å². The molecular formula is C19H12Cl4O5S. The van der Waals surface area contributed by atoms with E-state index in [1.165, 1.54) is 48.5 Å². The van der Waals surface area contributed by atoms with Crippen molar-refractivity contribution in [3.05, 3.63) is 91.4 Å². The fourth-order valence-electron chi connectivity index (χ4n) is 3.21. The van der Waals surface area contributed by atoms with Gasteiger partial charge in [-0.1, -0.05) is 58.5 Å². The van der Waals surface area contributed by atoms with Gasteiger partial charge in [0.15, 0.2) is 4.75 Å². The van der Waals surface area contributed by atoms with Gasteiger partial charge in [-0.15, -0.1) is 0 Å². The second-order valence-corrected chi connectivity index (χ2v) is 9.36. The van der Waals surface area contributed by atoms with Gasteiger partial charge in [0.25, 0.3) is 10.1 Å². The van der Waals surface area contributed by atoms with Crippen molar-refractivity contribution in [2.75, 3.05) is 0 Å². The summed E-state index contributed by atoms with van der Waals surface area (Å²) in [7, 11) is -5.13. The van der Waals surface area contributed by atoms with Crippen LogP contribution in [0, 0.1) is 0 Å². The van der Waals surface area contributed by atoms with Gasteiger partial charge >= 0.3 is 0 Å². The minimum atomic E-state index is -5.13. The number of benzene rings is 3. The normalized spacial score (nSPS) is 13.8. The number of hydrogen-bond donors (Lipinski definition) is 3. The Hall–Kier alpha value is -1.67. The quantitative estimate of drug-likeness (QED) is 0.311. The van der Waals surface area contributed by atoms with E-state index in [1.807, 2.05) is 0 Å². The lowest BCUT2D eigenvalue weighted by Crippen LogP contribution is -2.38. The van der Waals surface area contributed by atoms with E-state index in [1.54, 1.807) is 0 Å². The van der Waals surface area contributed by atoms with Crippen molar-refractivity contribution in [3.63, 3.8) is 0 Å². The molecule has 3 rings (SSSR count). The Balaban J connectivity index is 2.65. The molecule has 5 nitrogen and oxygen atoms in total. The molecule has 29 heavy (non-hydrogen) atoms. The summed E-state index contributed by atoms with van der Waals surface area (Å²) in [6.45, 7) is 0. The molecule has 152 valence electrons. The first kappa shape index (κ1) is 22.0. The molecular weight excluding hydrogens is 482 g/mol. The van der Waals surface area contributed by atoms with Gasteiger partial charge in [-0.25, -0.2) is 0 Å². The van der Waals surface area contributed by atoms with Crippen LogP contribution in [0.1, 0.15) is 16.7 Å². The van der Waals surface area contributed by atoms with Crippen molar-refractivity contribution >= 4 is 56.5 Å². The zero-order chi connectivity index (χ0) is 21.6. The van der Waals surface area contributed by atoms with Gasteiger partial charge in [-0.05, 0) is 42.0 Å². The summed E-state index contributed by atoms with van der Waals surface area (Å²) in [5.74, 6) is -1.02. The molecule has 0 aliphatic rings. The summed E-state index contributed by atoms with van der Waals surface area (Å²) in [4.78, 5) is 0. The molecule has 0 spiro atoms. The van der Waals surface area contributed by atoms with Crippen LogP contribution in [-0.4, -0.2) is 23.2 Å². The molecule has 1 atom stereocenters. The largest absolute Gasteiger partial charge is 0.508 e. The average Bonchev–Trinajstić information content (AvgIpc) is 2.61. The second-order valence-electron chi connectivity index (χ2n) is 6.11. The topological polar surface area (TPSA) is 94.8 Å². The highest BCUT2D eigenvalue weighted by molar-refractivity contribution is 7.87. The Morgan fingerprint density at radius 3 is 1.97 bits per heavy atom. The number of phenolic OH excluding ortho intramolecular Hbond substituents is 2. The maximum atomic E-state index is 13.0. The maximum Gasteiger partial charge on any atom is 0.283 e. The number of phenols is 2. The fourth-order valence-corrected chi connectivity index (χ4v) is 5.40. The Kier molecular flexibility index (Phi) is 5.98. The summed E-state index contributed by atoms with van der Waals surface area (Å²) in [6.07, 6.45) is 0. The molecule has 0 aliphatic carbocycles. The zero-order valence-corrected chi connectivity index (χ0v) is 18.1. The van der Waals surface area contributed by atoms with E-state index >= 15 is 0 Å². The number of rotatable bonds is 4. The number of hydrogen-bond acceptors (Lipinski definition) is 4. The molecule has 0 aliphatic heterocycles. The van der Waals surface area contributed by atoms with Crippen LogP contribution in [0.25, 0.3) is 0 Å². The molecule has 0 heterocycles. The monoisotopic (exact) mass is 492 g/mol. The van der Waals surface area contributed by atoms with E-state index < -0.39 is 31.4 Å². The predicted octanol–water partition coefficient (Wildman–Crippen LogP) is 5.89. The first-order chi connectivity index (χ1) is 13.5. The standard InChI is InChI=1S/C19H12Cl4O5S/c20-11-3-1-2-10(6-11)19(29(26,27)28,14-7-12(21)4-5-16(14)24)15-8-13(22)9-17(25)18(15)23/h1-9,24-25H,(H,26,27,28). The van der Waals surface area contributed by atoms with Crippen molar-refractivity contribution in [1.82, 2.24) is 0 Å². The molecule has 0 saturated heterocycles. The molecule has 0 amide bonds. The summed E-state index contributed by atoms with van der Waals surface area (Å²) in [5, 5.41) is 20.5. The molecule has 0 fully saturated rings. The van der Waals surface area contributed by atoms with Crippen LogP contribution in [0.15, 0.2) is 54.6 Å². The van der Waals surface area contributed by atoms with Crippen LogP contribution in [0.5, 0.6) is 11.5 Å². The van der Waals surface area contributed by atoms with E-state index in [4.69, 9.17) is 46.4 Å². The van der Waals surface area contributed by atoms with E-state index in [9.17, 15) is 23.2 Å². The third kappa shape index (κ3) is 3.77. The Morgan fingerprint density at radius 2 is 1.34 bits per heavy atom. The van der Waals surface area contributed by atoms with Gasteiger partial charge < -0.3 is 10.2 Å². The highest BCUT2D eigenvalue weighted by atomic mass is 35.5. The van der Waals surface area contributed by atoms with Crippen LogP contribution in [0.3, 0.4) is 0 Å². The van der Waals surface area contributed by atoms with Crippen molar-refractivity contribution in [1.29, 1.82) is 0 Å². The highest BCUT2D eigenvalue weighted by Crippen LogP contribution is 2.52. The molecule has 3 N–H and O–H groups in total. The first-order valence-corrected chi connectivity index (χ1v) is 10.8. The zero-order valence-electron chi connectivity index (χ0n) is 14.3. The highest BCUT2D eigenvalue weighted by Gasteiger charge is 2.52. The Labute approximate surface area is 186 Å². The molecule has 0 aromatic heterocycles. The molecule has 10 heteroatoms. The van der Waals surface area contributed by atoms with Gasteiger partial charge in [0, 0.05) is 32.3 Å². The minimum absolute atomic E-state index is 0.0570. The summed E-state index contributed by atoms with van der Waals surface area (Å²) in [5.41, 5.74) is -0.668. The van der Waals surface area contributed by atoms with Crippen LogP contribution in [0.2, 0.25) is 20.1 Å². The van der Waals surface area contributed by atoms with E-state index in [2.05, 4.69) is 0 Å². The van der Waals surface area contributed by atoms with Crippen LogP contribution in [0.4, 0.5) is 0 Å². The first-order valence-electron chi connectivity index (χ1n) is 7.89. The minimum Gasteiger partial charge on any atom is -0.508 e. The smallest absolute Gasteiger partial charge is 0.283 e. The van der Waals surface area contributed by atoms with Crippen molar-refractivity contribution in [2.45, 2.75) is 4.75 Å². The average molecular weight is 494 g/mol. The van der Waals surface area contributed by atoms with E-state index in [-0.39, 0.29) is 31.8 Å². The summed E-state index contributed by atoms with van der Waals surface area (Å²) in [6, 6.07) is 11.5. The van der Waals surface area contributed by atoms with Gasteiger partial charge in [0.1, 0.15) is 11.5 Å². The SMILES string of the molecule is O=S(=O)(O)C(c1cccc(Cl)c1)(c1cc(Cl)ccc1O)c1cc(Cl)cc(O)c1Cl. The molecule has 0 bridgehead atoms. The van der Waals surface area contributed by atoms with E-state index in [0.29, 0.717) is 0 Å². The van der Waals surface area contributed by atoms with Crippen molar-refractivity contribution < 1.29 is 23.2 Å². The molecule has 0 radical (unpaired) electrons. The van der Waals surface area contributed by atoms with E-state index in [0.717, 1.165) is 6.07 Å². The maximum absolute atomic E-state index is 13.0. The molecule has 1 unspecified atom stereocenters. The lowest BCUT2D eigenvalue weighted by molar-refractivity contribution is 0.439. The number of aromatic hydroxyl groups is 2. The molecule has 0 saturated carbocycles. The van der Waals surface area contributed by atoms with Crippen molar-refractivity contribution in [3.8, 4) is 11.5 Å². The molecule has 3 aromatic carbocycles. The summed E-state index contributed by atoms with van der Waals surface area (Å²) >= 11 is 24.4. The fraction of sp³-hybridized carbons (Fsp3) is 0.0526. The van der Waals surface area contributed by atoms with Gasteiger partial charge in [0.05, 0.1) is 5.02 Å². The lowest BCUT2D eigenvalue weighted by atomic mass is 9.83.